The molecule has 1 fully saturated rings. The van der Waals surface area contributed by atoms with E-state index in [0.29, 0.717) is 0 Å². The topological polar surface area (TPSA) is 38.7 Å². The Balaban J connectivity index is 1.78. The molecule has 0 amide bonds. The van der Waals surface area contributed by atoms with Crippen LogP contribution >= 0.6 is 0 Å². The predicted octanol–water partition coefficient (Wildman–Crippen LogP) is 4.43. The summed E-state index contributed by atoms with van der Waals surface area (Å²) in [4.78, 5) is 3.14. The summed E-state index contributed by atoms with van der Waals surface area (Å²) in [6.45, 7) is 2.20. The molecule has 0 spiro atoms. The van der Waals surface area contributed by atoms with Crippen LogP contribution in [0.1, 0.15) is 18.4 Å². The Labute approximate surface area is 132 Å². The average molecular weight is 310 g/mol. The Hall–Kier alpha value is -1.91. The fourth-order valence-electron chi connectivity index (χ4n) is 3.01. The number of rotatable bonds is 2. The van der Waals surface area contributed by atoms with Crippen LogP contribution in [-0.2, 0) is 10.1 Å². The minimum Gasteiger partial charge on any atom is -0.622 e. The molecule has 2 aliphatic heterocycles. The van der Waals surface area contributed by atoms with Crippen LogP contribution in [0.5, 0.6) is 0 Å². The van der Waals surface area contributed by atoms with E-state index in [1.807, 2.05) is 36.4 Å². The van der Waals surface area contributed by atoms with Gasteiger partial charge in [0.1, 0.15) is 16.0 Å². The molecule has 0 saturated carbocycles. The zero-order valence-corrected chi connectivity index (χ0v) is 13.1. The van der Waals surface area contributed by atoms with Crippen molar-refractivity contribution in [3.8, 4) is 0 Å². The van der Waals surface area contributed by atoms with Crippen molar-refractivity contribution in [2.24, 2.45) is 4.36 Å². The van der Waals surface area contributed by atoms with E-state index >= 15 is 0 Å². The molecule has 0 radical (unpaired) electrons. The molecule has 2 aromatic carbocycles. The van der Waals surface area contributed by atoms with Crippen LogP contribution in [0, 0.1) is 0 Å². The zero-order valence-electron chi connectivity index (χ0n) is 12.3. The minimum atomic E-state index is -2.50. The number of fused-ring (bicyclic) bond motifs is 1. The lowest BCUT2D eigenvalue weighted by Gasteiger charge is -2.23. The Bertz CT molecular complexity index is 777. The summed E-state index contributed by atoms with van der Waals surface area (Å²) >= 11 is 0. The first kappa shape index (κ1) is 13.7. The van der Waals surface area contributed by atoms with Gasteiger partial charge in [0.15, 0.2) is 0 Å². The van der Waals surface area contributed by atoms with Crippen LogP contribution in [0.2, 0.25) is 0 Å². The van der Waals surface area contributed by atoms with Crippen molar-refractivity contribution in [1.82, 2.24) is 0 Å². The molecule has 2 aromatic rings. The van der Waals surface area contributed by atoms with Crippen molar-refractivity contribution in [1.29, 1.82) is 0 Å². The number of hydrogen-bond acceptors (Lipinski definition) is 3. The largest absolute Gasteiger partial charge is 0.622 e. The van der Waals surface area contributed by atoms with Gasteiger partial charge in [0.05, 0.1) is 0 Å². The van der Waals surface area contributed by atoms with Gasteiger partial charge >= 0.3 is 0 Å². The fraction of sp³-hybridized carbons (Fsp3) is 0.222. The highest BCUT2D eigenvalue weighted by Crippen LogP contribution is 2.37. The molecule has 4 heteroatoms. The Kier molecular flexibility index (Phi) is 3.36. The molecule has 1 unspecified atom stereocenters. The number of benzene rings is 2. The SMILES string of the molecule is [O-][S+]1(c2ccccc2)=Nc2cc(N3CCCC3)ccc2C=C1. The summed E-state index contributed by atoms with van der Waals surface area (Å²) in [7, 11) is -2.50. The molecular formula is C18H18N2OS. The molecular weight excluding hydrogens is 292 g/mol. The second-order valence-corrected chi connectivity index (χ2v) is 7.78. The standard InChI is InChI=1S/C18H18N2OS/c21-22(17-6-2-1-3-7-17)13-10-15-8-9-16(14-18(15)19-22)20-11-4-5-12-20/h1-3,6-10,13-14H,4-5,11-12H2. The third-order valence-corrected chi connectivity index (χ3v) is 6.15. The first-order valence-corrected chi connectivity index (χ1v) is 9.22. The fourth-order valence-corrected chi connectivity index (χ4v) is 4.66. The van der Waals surface area contributed by atoms with Gasteiger partial charge in [-0.25, -0.2) is 0 Å². The van der Waals surface area contributed by atoms with E-state index in [-0.39, 0.29) is 0 Å². The molecule has 0 N–H and O–H groups in total. The van der Waals surface area contributed by atoms with Crippen LogP contribution in [-0.4, -0.2) is 17.6 Å². The molecule has 1 atom stereocenters. The Morgan fingerprint density at radius 3 is 2.55 bits per heavy atom. The highest BCUT2D eigenvalue weighted by atomic mass is 32.3. The van der Waals surface area contributed by atoms with Crippen LogP contribution in [0.4, 0.5) is 11.4 Å². The lowest BCUT2D eigenvalue weighted by molar-refractivity contribution is 0.593. The molecule has 2 aliphatic rings. The lowest BCUT2D eigenvalue weighted by Crippen LogP contribution is -2.17. The maximum atomic E-state index is 13.1. The Morgan fingerprint density at radius 2 is 1.77 bits per heavy atom. The van der Waals surface area contributed by atoms with Gasteiger partial charge in [0, 0.05) is 24.3 Å². The lowest BCUT2D eigenvalue weighted by atomic mass is 10.1. The van der Waals surface area contributed by atoms with Gasteiger partial charge in [-0.2, -0.15) is 0 Å². The first-order chi connectivity index (χ1) is 10.7. The monoisotopic (exact) mass is 310 g/mol. The molecule has 2 heterocycles. The van der Waals surface area contributed by atoms with Gasteiger partial charge in [0.2, 0.25) is 0 Å². The van der Waals surface area contributed by atoms with Crippen molar-refractivity contribution in [2.45, 2.75) is 17.7 Å². The maximum absolute atomic E-state index is 13.1. The summed E-state index contributed by atoms with van der Waals surface area (Å²) in [6, 6.07) is 15.8. The summed E-state index contributed by atoms with van der Waals surface area (Å²) in [5, 5.41) is 1.74. The molecule has 0 aromatic heterocycles. The van der Waals surface area contributed by atoms with Crippen molar-refractivity contribution in [3.63, 3.8) is 0 Å². The summed E-state index contributed by atoms with van der Waals surface area (Å²) in [6.07, 6.45) is 4.43. The van der Waals surface area contributed by atoms with Gasteiger partial charge in [-0.05, 0) is 53.3 Å². The van der Waals surface area contributed by atoms with Gasteiger partial charge in [-0.3, -0.25) is 0 Å². The smallest absolute Gasteiger partial charge is 0.141 e. The van der Waals surface area contributed by atoms with E-state index in [4.69, 9.17) is 0 Å². The predicted molar refractivity (Wildman–Crippen MR) is 91.9 cm³/mol. The van der Waals surface area contributed by atoms with E-state index in [9.17, 15) is 4.55 Å². The number of nitrogens with zero attached hydrogens (tertiary/aromatic N) is 2. The molecule has 0 bridgehead atoms. The van der Waals surface area contributed by atoms with Crippen LogP contribution < -0.4 is 4.90 Å². The molecule has 22 heavy (non-hydrogen) atoms. The number of hydrogen-bond donors (Lipinski definition) is 0. The van der Waals surface area contributed by atoms with E-state index < -0.39 is 10.1 Å². The molecule has 0 aliphatic carbocycles. The first-order valence-electron chi connectivity index (χ1n) is 7.64. The van der Waals surface area contributed by atoms with E-state index in [0.717, 1.165) is 29.2 Å². The molecule has 1 saturated heterocycles. The second-order valence-electron chi connectivity index (χ2n) is 5.71. The van der Waals surface area contributed by atoms with E-state index in [2.05, 4.69) is 27.5 Å². The quantitative estimate of drug-likeness (QED) is 0.770. The van der Waals surface area contributed by atoms with E-state index in [1.165, 1.54) is 18.5 Å². The van der Waals surface area contributed by atoms with Crippen LogP contribution in [0.3, 0.4) is 0 Å². The van der Waals surface area contributed by atoms with Gasteiger partial charge in [-0.1, -0.05) is 28.6 Å². The third kappa shape index (κ3) is 2.38. The van der Waals surface area contributed by atoms with Gasteiger partial charge < -0.3 is 9.45 Å². The van der Waals surface area contributed by atoms with E-state index in [1.54, 1.807) is 5.41 Å². The highest BCUT2D eigenvalue weighted by molar-refractivity contribution is 8.03. The maximum Gasteiger partial charge on any atom is 0.141 e. The van der Waals surface area contributed by atoms with Gasteiger partial charge in [0.25, 0.3) is 0 Å². The molecule has 3 nitrogen and oxygen atoms in total. The third-order valence-electron chi connectivity index (χ3n) is 4.23. The highest BCUT2D eigenvalue weighted by Gasteiger charge is 2.21. The molecule has 112 valence electrons. The summed E-state index contributed by atoms with van der Waals surface area (Å²) in [5.74, 6) is 0. The number of anilines is 1. The summed E-state index contributed by atoms with van der Waals surface area (Å²) < 4.78 is 17.7. The van der Waals surface area contributed by atoms with Crippen molar-refractivity contribution in [3.05, 3.63) is 59.5 Å². The second kappa shape index (κ2) is 5.38. The van der Waals surface area contributed by atoms with Crippen molar-refractivity contribution < 1.29 is 4.55 Å². The summed E-state index contributed by atoms with van der Waals surface area (Å²) in [5.41, 5.74) is 3.06. The average Bonchev–Trinajstić information content (AvgIpc) is 3.09. The van der Waals surface area contributed by atoms with Crippen LogP contribution in [0.15, 0.2) is 63.2 Å². The molecule has 4 rings (SSSR count). The zero-order chi connectivity index (χ0) is 15.0. The Morgan fingerprint density at radius 1 is 1.00 bits per heavy atom. The van der Waals surface area contributed by atoms with Crippen molar-refractivity contribution in [2.75, 3.05) is 18.0 Å². The van der Waals surface area contributed by atoms with Crippen LogP contribution in [0.25, 0.3) is 6.08 Å². The minimum absolute atomic E-state index is 0.767. The van der Waals surface area contributed by atoms with Gasteiger partial charge in [-0.15, -0.1) is 0 Å². The normalized spacial score (nSPS) is 23.2. The van der Waals surface area contributed by atoms with Crippen molar-refractivity contribution >= 4 is 27.6 Å².